The van der Waals surface area contributed by atoms with Crippen LogP contribution in [0.4, 0.5) is 0 Å². The Kier molecular flexibility index (Phi) is 2.61. The maximum atomic E-state index is 11.7. The molecule has 0 radical (unpaired) electrons. The van der Waals surface area contributed by atoms with Crippen LogP contribution in [0.2, 0.25) is 0 Å². The highest BCUT2D eigenvalue weighted by molar-refractivity contribution is 7.91. The smallest absolute Gasteiger partial charge is 0.157 e. The fourth-order valence-electron chi connectivity index (χ4n) is 2.00. The molecule has 1 fully saturated rings. The van der Waals surface area contributed by atoms with Crippen molar-refractivity contribution in [3.63, 3.8) is 0 Å². The molecule has 80 valence electrons. The third-order valence-corrected chi connectivity index (χ3v) is 4.98. The first-order valence-electron chi connectivity index (χ1n) is 4.90. The van der Waals surface area contributed by atoms with Gasteiger partial charge in [-0.15, -0.1) is 0 Å². The van der Waals surface area contributed by atoms with Crippen LogP contribution in [0.3, 0.4) is 0 Å². The lowest BCUT2D eigenvalue weighted by Gasteiger charge is -2.09. The Morgan fingerprint density at radius 1 is 1.33 bits per heavy atom. The van der Waals surface area contributed by atoms with E-state index in [2.05, 4.69) is 0 Å². The number of hydrogen-bond donors (Lipinski definition) is 0. The van der Waals surface area contributed by atoms with Crippen molar-refractivity contribution in [2.24, 2.45) is 0 Å². The molecule has 1 heterocycles. The Balaban J connectivity index is 2.41. The average Bonchev–Trinajstić information content (AvgIpc) is 2.58. The summed E-state index contributed by atoms with van der Waals surface area (Å²) in [6, 6.07) is 6.85. The van der Waals surface area contributed by atoms with Crippen LogP contribution in [-0.4, -0.2) is 20.5 Å². The van der Waals surface area contributed by atoms with Gasteiger partial charge < -0.3 is 0 Å². The molecule has 0 aromatic heterocycles. The number of carbonyl (C=O) groups is 1. The van der Waals surface area contributed by atoms with Crippen molar-refractivity contribution in [1.29, 1.82) is 0 Å². The molecule has 1 aromatic carbocycles. The summed E-state index contributed by atoms with van der Waals surface area (Å²) in [6.45, 7) is 0. The Morgan fingerprint density at radius 3 is 2.73 bits per heavy atom. The summed E-state index contributed by atoms with van der Waals surface area (Å²) < 4.78 is 23.3. The molecule has 1 aromatic rings. The standard InChI is InChI=1S/C11H12O3S/c12-8-9-3-1-4-10(7-9)11-5-2-6-15(11,13)14/h1,3-4,7-8,11H,2,5-6H2. The summed E-state index contributed by atoms with van der Waals surface area (Å²) in [5.74, 6) is 0.267. The first kappa shape index (κ1) is 10.4. The first-order valence-corrected chi connectivity index (χ1v) is 6.62. The molecule has 1 saturated heterocycles. The Bertz CT molecular complexity index is 476. The second-order valence-corrected chi connectivity index (χ2v) is 6.09. The van der Waals surface area contributed by atoms with Crippen molar-refractivity contribution in [1.82, 2.24) is 0 Å². The zero-order chi connectivity index (χ0) is 10.9. The van der Waals surface area contributed by atoms with Gasteiger partial charge in [0.05, 0.1) is 11.0 Å². The van der Waals surface area contributed by atoms with Crippen LogP contribution in [0.25, 0.3) is 0 Å². The van der Waals surface area contributed by atoms with Crippen molar-refractivity contribution in [2.45, 2.75) is 18.1 Å². The van der Waals surface area contributed by atoms with Crippen molar-refractivity contribution < 1.29 is 13.2 Å². The van der Waals surface area contributed by atoms with Crippen LogP contribution >= 0.6 is 0 Å². The van der Waals surface area contributed by atoms with E-state index in [1.807, 2.05) is 0 Å². The summed E-state index contributed by atoms with van der Waals surface area (Å²) in [5.41, 5.74) is 1.28. The summed E-state index contributed by atoms with van der Waals surface area (Å²) in [6.07, 6.45) is 2.13. The second-order valence-electron chi connectivity index (χ2n) is 3.79. The normalized spacial score (nSPS) is 23.9. The summed E-state index contributed by atoms with van der Waals surface area (Å²) >= 11 is 0. The van der Waals surface area contributed by atoms with Gasteiger partial charge in [0.1, 0.15) is 6.29 Å². The molecule has 0 bridgehead atoms. The minimum Gasteiger partial charge on any atom is -0.298 e. The number of carbonyl (C=O) groups excluding carboxylic acids is 1. The van der Waals surface area contributed by atoms with E-state index in [9.17, 15) is 13.2 Å². The van der Waals surface area contributed by atoms with Gasteiger partial charge in [0.15, 0.2) is 9.84 Å². The minimum absolute atomic E-state index is 0.267. The lowest BCUT2D eigenvalue weighted by molar-refractivity contribution is 0.112. The molecule has 15 heavy (non-hydrogen) atoms. The molecule has 0 N–H and O–H groups in total. The van der Waals surface area contributed by atoms with Gasteiger partial charge in [0.25, 0.3) is 0 Å². The number of aldehydes is 1. The number of sulfone groups is 1. The minimum atomic E-state index is -2.98. The van der Waals surface area contributed by atoms with E-state index in [4.69, 9.17) is 0 Å². The van der Waals surface area contributed by atoms with Gasteiger partial charge in [0.2, 0.25) is 0 Å². The van der Waals surface area contributed by atoms with Crippen molar-refractivity contribution >= 4 is 16.1 Å². The molecule has 1 aliphatic heterocycles. The van der Waals surface area contributed by atoms with E-state index < -0.39 is 15.1 Å². The molecule has 1 atom stereocenters. The quantitative estimate of drug-likeness (QED) is 0.719. The van der Waals surface area contributed by atoms with Gasteiger partial charge >= 0.3 is 0 Å². The lowest BCUT2D eigenvalue weighted by Crippen LogP contribution is -2.08. The highest BCUT2D eigenvalue weighted by Crippen LogP contribution is 2.34. The number of benzene rings is 1. The lowest BCUT2D eigenvalue weighted by atomic mass is 10.1. The first-order chi connectivity index (χ1) is 7.13. The van der Waals surface area contributed by atoms with Gasteiger partial charge in [-0.2, -0.15) is 0 Å². The Morgan fingerprint density at radius 2 is 2.13 bits per heavy atom. The molecule has 0 spiro atoms. The Hall–Kier alpha value is -1.16. The van der Waals surface area contributed by atoms with Crippen LogP contribution < -0.4 is 0 Å². The predicted octanol–water partition coefficient (Wildman–Crippen LogP) is 1.75. The van der Waals surface area contributed by atoms with E-state index in [1.54, 1.807) is 24.3 Å². The maximum absolute atomic E-state index is 11.7. The van der Waals surface area contributed by atoms with Crippen LogP contribution in [0, 0.1) is 0 Å². The molecule has 4 heteroatoms. The molecule has 0 amide bonds. The van der Waals surface area contributed by atoms with Gasteiger partial charge in [-0.05, 0) is 24.5 Å². The van der Waals surface area contributed by atoms with E-state index >= 15 is 0 Å². The van der Waals surface area contributed by atoms with Crippen LogP contribution in [0.15, 0.2) is 24.3 Å². The van der Waals surface area contributed by atoms with E-state index in [1.165, 1.54) is 0 Å². The van der Waals surface area contributed by atoms with E-state index in [0.717, 1.165) is 18.3 Å². The van der Waals surface area contributed by atoms with E-state index in [-0.39, 0.29) is 5.75 Å². The Labute approximate surface area is 89.0 Å². The van der Waals surface area contributed by atoms with Crippen molar-refractivity contribution in [3.05, 3.63) is 35.4 Å². The highest BCUT2D eigenvalue weighted by atomic mass is 32.2. The highest BCUT2D eigenvalue weighted by Gasteiger charge is 2.32. The van der Waals surface area contributed by atoms with Gasteiger partial charge in [-0.1, -0.05) is 18.2 Å². The zero-order valence-corrected chi connectivity index (χ0v) is 9.03. The SMILES string of the molecule is O=Cc1cccc(C2CCCS2(=O)=O)c1. The van der Waals surface area contributed by atoms with Gasteiger partial charge in [0, 0.05) is 5.56 Å². The van der Waals surface area contributed by atoms with Crippen LogP contribution in [0.5, 0.6) is 0 Å². The monoisotopic (exact) mass is 224 g/mol. The van der Waals surface area contributed by atoms with Crippen molar-refractivity contribution in [3.8, 4) is 0 Å². The number of rotatable bonds is 2. The molecule has 1 unspecified atom stereocenters. The molecular formula is C11H12O3S. The van der Waals surface area contributed by atoms with Crippen LogP contribution in [0.1, 0.15) is 34.0 Å². The fourth-order valence-corrected chi connectivity index (χ4v) is 3.94. The summed E-state index contributed by atoms with van der Waals surface area (Å²) in [7, 11) is -2.98. The van der Waals surface area contributed by atoms with E-state index in [0.29, 0.717) is 12.0 Å². The third-order valence-electron chi connectivity index (χ3n) is 2.75. The summed E-state index contributed by atoms with van der Waals surface area (Å²) in [4.78, 5) is 10.6. The zero-order valence-electron chi connectivity index (χ0n) is 8.22. The van der Waals surface area contributed by atoms with Gasteiger partial charge in [-0.3, -0.25) is 4.79 Å². The fraction of sp³-hybridized carbons (Fsp3) is 0.364. The maximum Gasteiger partial charge on any atom is 0.157 e. The topological polar surface area (TPSA) is 51.2 Å². The predicted molar refractivity (Wildman–Crippen MR) is 57.6 cm³/mol. The molecule has 2 rings (SSSR count). The van der Waals surface area contributed by atoms with Crippen LogP contribution in [-0.2, 0) is 9.84 Å². The molecule has 0 aliphatic carbocycles. The van der Waals surface area contributed by atoms with Gasteiger partial charge in [-0.25, -0.2) is 8.42 Å². The van der Waals surface area contributed by atoms with Crippen molar-refractivity contribution in [2.75, 3.05) is 5.75 Å². The largest absolute Gasteiger partial charge is 0.298 e. The molecule has 0 saturated carbocycles. The molecular weight excluding hydrogens is 212 g/mol. The number of hydrogen-bond acceptors (Lipinski definition) is 3. The average molecular weight is 224 g/mol. The molecule has 3 nitrogen and oxygen atoms in total. The second kappa shape index (κ2) is 3.77. The molecule has 1 aliphatic rings. The summed E-state index contributed by atoms with van der Waals surface area (Å²) in [5, 5.41) is -0.405. The third kappa shape index (κ3) is 1.95.